The minimum Gasteiger partial charge on any atom is -0.472 e. The maximum absolute atomic E-state index is 13.1. The van der Waals surface area contributed by atoms with E-state index in [1.165, 1.54) is 19.2 Å². The molecule has 1 aliphatic rings. The highest BCUT2D eigenvalue weighted by Crippen LogP contribution is 2.42. The normalized spacial score (nSPS) is 16.1. The first-order valence-electron chi connectivity index (χ1n) is 8.07. The zero-order chi connectivity index (χ0) is 19.8. The Bertz CT molecular complexity index is 913. The molecule has 0 bridgehead atoms. The van der Waals surface area contributed by atoms with Crippen LogP contribution in [-0.2, 0) is 14.3 Å². The second-order valence-corrected chi connectivity index (χ2v) is 6.37. The van der Waals surface area contributed by atoms with Gasteiger partial charge in [0.2, 0.25) is 0 Å². The lowest BCUT2D eigenvalue weighted by Gasteiger charge is -2.38. The standard InChI is InChI=1S/C18H17N3O6/c1-18(2)17(23)20(14(16(22)26-3)11-7-5-4-6-8-11)15-12(27-18)9-10-13(19-15)21(24)25/h4-10,14H,1-3H3. The molecule has 1 unspecified atom stereocenters. The fraction of sp³-hybridized carbons (Fsp3) is 0.278. The lowest BCUT2D eigenvalue weighted by atomic mass is 9.99. The molecule has 1 aliphatic heterocycles. The Labute approximate surface area is 154 Å². The van der Waals surface area contributed by atoms with Crippen molar-refractivity contribution in [1.29, 1.82) is 0 Å². The summed E-state index contributed by atoms with van der Waals surface area (Å²) >= 11 is 0. The number of nitro groups is 1. The number of nitrogens with zero attached hydrogens (tertiary/aromatic N) is 3. The van der Waals surface area contributed by atoms with E-state index in [2.05, 4.69) is 4.98 Å². The third-order valence-electron chi connectivity index (χ3n) is 4.14. The number of benzene rings is 1. The van der Waals surface area contributed by atoms with Crippen LogP contribution >= 0.6 is 0 Å². The zero-order valence-corrected chi connectivity index (χ0v) is 14.9. The molecular weight excluding hydrogens is 354 g/mol. The molecule has 0 fully saturated rings. The molecule has 1 atom stereocenters. The summed E-state index contributed by atoms with van der Waals surface area (Å²) in [6.45, 7) is 3.10. The summed E-state index contributed by atoms with van der Waals surface area (Å²) < 4.78 is 10.6. The topological polar surface area (TPSA) is 112 Å². The number of aromatic nitrogens is 1. The third kappa shape index (κ3) is 3.19. The predicted molar refractivity (Wildman–Crippen MR) is 94.3 cm³/mol. The van der Waals surface area contributed by atoms with Gasteiger partial charge in [0, 0.05) is 6.07 Å². The van der Waals surface area contributed by atoms with E-state index in [9.17, 15) is 19.7 Å². The Morgan fingerprint density at radius 3 is 2.52 bits per heavy atom. The van der Waals surface area contributed by atoms with E-state index in [0.29, 0.717) is 5.56 Å². The van der Waals surface area contributed by atoms with Gasteiger partial charge in [-0.15, -0.1) is 0 Å². The van der Waals surface area contributed by atoms with Gasteiger partial charge in [-0.2, -0.15) is 0 Å². The van der Waals surface area contributed by atoms with Gasteiger partial charge in [-0.1, -0.05) is 30.3 Å². The van der Waals surface area contributed by atoms with E-state index < -0.39 is 34.3 Å². The number of esters is 1. The molecule has 1 amide bonds. The number of rotatable bonds is 4. The number of anilines is 1. The van der Waals surface area contributed by atoms with Crippen LogP contribution in [0.4, 0.5) is 11.6 Å². The summed E-state index contributed by atoms with van der Waals surface area (Å²) in [6, 6.07) is 9.88. The second kappa shape index (κ2) is 6.67. The van der Waals surface area contributed by atoms with Gasteiger partial charge >= 0.3 is 11.8 Å². The van der Waals surface area contributed by atoms with Gasteiger partial charge in [-0.3, -0.25) is 9.69 Å². The smallest absolute Gasteiger partial charge is 0.366 e. The number of hydrogen-bond acceptors (Lipinski definition) is 7. The monoisotopic (exact) mass is 371 g/mol. The average molecular weight is 371 g/mol. The minimum absolute atomic E-state index is 0.104. The van der Waals surface area contributed by atoms with Crippen molar-refractivity contribution in [3.05, 3.63) is 58.1 Å². The van der Waals surface area contributed by atoms with E-state index in [1.807, 2.05) is 0 Å². The van der Waals surface area contributed by atoms with E-state index in [0.717, 1.165) is 4.90 Å². The molecule has 0 aliphatic carbocycles. The van der Waals surface area contributed by atoms with Crippen LogP contribution in [0, 0.1) is 10.1 Å². The molecule has 0 spiro atoms. The fourth-order valence-corrected chi connectivity index (χ4v) is 2.86. The largest absolute Gasteiger partial charge is 0.472 e. The number of fused-ring (bicyclic) bond motifs is 1. The molecule has 2 aromatic rings. The van der Waals surface area contributed by atoms with Gasteiger partial charge in [-0.05, 0) is 35.4 Å². The maximum Gasteiger partial charge on any atom is 0.366 e. The van der Waals surface area contributed by atoms with Gasteiger partial charge in [0.05, 0.1) is 7.11 Å². The highest BCUT2D eigenvalue weighted by atomic mass is 16.6. The first-order chi connectivity index (χ1) is 12.8. The van der Waals surface area contributed by atoms with E-state index in [4.69, 9.17) is 9.47 Å². The lowest BCUT2D eigenvalue weighted by Crippen LogP contribution is -2.55. The van der Waals surface area contributed by atoms with Crippen molar-refractivity contribution in [2.45, 2.75) is 25.5 Å². The van der Waals surface area contributed by atoms with Gasteiger partial charge in [0.15, 0.2) is 17.4 Å². The summed E-state index contributed by atoms with van der Waals surface area (Å²) in [5.41, 5.74) is -0.819. The van der Waals surface area contributed by atoms with Crippen molar-refractivity contribution in [3.8, 4) is 5.75 Å². The number of hydrogen-bond donors (Lipinski definition) is 0. The zero-order valence-electron chi connectivity index (χ0n) is 14.9. The maximum atomic E-state index is 13.1. The van der Waals surface area contributed by atoms with E-state index in [1.54, 1.807) is 44.2 Å². The van der Waals surface area contributed by atoms with Crippen molar-refractivity contribution in [3.63, 3.8) is 0 Å². The summed E-state index contributed by atoms with van der Waals surface area (Å²) in [5, 5.41) is 11.1. The first kappa shape index (κ1) is 18.3. The van der Waals surface area contributed by atoms with E-state index >= 15 is 0 Å². The predicted octanol–water partition coefficient (Wildman–Crippen LogP) is 2.41. The van der Waals surface area contributed by atoms with Crippen LogP contribution in [0.25, 0.3) is 0 Å². The molecule has 0 saturated heterocycles. The number of methoxy groups -OCH3 is 1. The summed E-state index contributed by atoms with van der Waals surface area (Å²) in [6.07, 6.45) is 0. The number of amides is 1. The van der Waals surface area contributed by atoms with Crippen molar-refractivity contribution in [2.24, 2.45) is 0 Å². The van der Waals surface area contributed by atoms with Crippen LogP contribution in [0.2, 0.25) is 0 Å². The summed E-state index contributed by atoms with van der Waals surface area (Å²) in [5.74, 6) is -1.68. The highest BCUT2D eigenvalue weighted by molar-refractivity contribution is 6.06. The Balaban J connectivity index is 2.24. The van der Waals surface area contributed by atoms with Gasteiger partial charge < -0.3 is 19.6 Å². The quantitative estimate of drug-likeness (QED) is 0.461. The van der Waals surface area contributed by atoms with E-state index in [-0.39, 0.29) is 11.6 Å². The Hall–Kier alpha value is -3.49. The van der Waals surface area contributed by atoms with Crippen LogP contribution in [0.3, 0.4) is 0 Å². The van der Waals surface area contributed by atoms with Crippen LogP contribution in [0.15, 0.2) is 42.5 Å². The number of carbonyl (C=O) groups is 2. The molecule has 140 valence electrons. The molecule has 9 heteroatoms. The Kier molecular flexibility index (Phi) is 4.52. The minimum atomic E-state index is -1.30. The number of carbonyl (C=O) groups excluding carboxylic acids is 2. The molecule has 0 N–H and O–H groups in total. The van der Waals surface area contributed by atoms with Crippen molar-refractivity contribution in [1.82, 2.24) is 4.98 Å². The van der Waals surface area contributed by atoms with Crippen molar-refractivity contribution in [2.75, 3.05) is 12.0 Å². The Morgan fingerprint density at radius 2 is 1.93 bits per heavy atom. The van der Waals surface area contributed by atoms with Crippen LogP contribution in [-0.4, -0.2) is 34.5 Å². The lowest BCUT2D eigenvalue weighted by molar-refractivity contribution is -0.389. The number of ether oxygens (including phenoxy) is 2. The second-order valence-electron chi connectivity index (χ2n) is 6.37. The molecule has 9 nitrogen and oxygen atoms in total. The van der Waals surface area contributed by atoms with Gasteiger partial charge in [0.25, 0.3) is 11.7 Å². The van der Waals surface area contributed by atoms with Crippen LogP contribution < -0.4 is 9.64 Å². The van der Waals surface area contributed by atoms with Crippen molar-refractivity contribution >= 4 is 23.5 Å². The molecule has 1 aromatic heterocycles. The molecule has 0 saturated carbocycles. The molecule has 1 aromatic carbocycles. The number of pyridine rings is 1. The average Bonchev–Trinajstić information content (AvgIpc) is 2.65. The summed E-state index contributed by atoms with van der Waals surface area (Å²) in [7, 11) is 1.20. The van der Waals surface area contributed by atoms with Crippen LogP contribution in [0.1, 0.15) is 25.5 Å². The summed E-state index contributed by atoms with van der Waals surface area (Å²) in [4.78, 5) is 41.2. The highest BCUT2D eigenvalue weighted by Gasteiger charge is 2.49. The Morgan fingerprint density at radius 1 is 1.26 bits per heavy atom. The molecule has 27 heavy (non-hydrogen) atoms. The molecule has 3 rings (SSSR count). The SMILES string of the molecule is COC(=O)C(c1ccccc1)N1C(=O)C(C)(C)Oc2ccc([N+](=O)[O-])nc21. The van der Waals surface area contributed by atoms with Crippen LogP contribution in [0.5, 0.6) is 5.75 Å². The third-order valence-corrected chi connectivity index (χ3v) is 4.14. The van der Waals surface area contributed by atoms with Crippen molar-refractivity contribution < 1.29 is 24.0 Å². The van der Waals surface area contributed by atoms with Gasteiger partial charge in [0.1, 0.15) is 0 Å². The molecule has 2 heterocycles. The molecular formula is C18H17N3O6. The fourth-order valence-electron chi connectivity index (χ4n) is 2.86. The molecule has 0 radical (unpaired) electrons. The van der Waals surface area contributed by atoms with Gasteiger partial charge in [-0.25, -0.2) is 4.79 Å². The first-order valence-corrected chi connectivity index (χ1v) is 8.07.